The highest BCUT2D eigenvalue weighted by molar-refractivity contribution is 5.94. The van der Waals surface area contributed by atoms with Crippen LogP contribution in [0.3, 0.4) is 0 Å². The second kappa shape index (κ2) is 13.1. The van der Waals surface area contributed by atoms with Crippen LogP contribution in [-0.2, 0) is 11.2 Å². The van der Waals surface area contributed by atoms with E-state index in [-0.39, 0.29) is 5.91 Å². The fourth-order valence-corrected chi connectivity index (χ4v) is 2.43. The summed E-state index contributed by atoms with van der Waals surface area (Å²) >= 11 is 0. The zero-order chi connectivity index (χ0) is 20.1. The molecule has 1 aromatic rings. The van der Waals surface area contributed by atoms with Crippen LogP contribution in [0.15, 0.2) is 29.3 Å². The van der Waals surface area contributed by atoms with Gasteiger partial charge in [0.2, 0.25) is 0 Å². The maximum absolute atomic E-state index is 12.1. The summed E-state index contributed by atoms with van der Waals surface area (Å²) in [6, 6.07) is 7.78. The van der Waals surface area contributed by atoms with E-state index in [9.17, 15) is 4.79 Å². The molecule has 0 fully saturated rings. The molecular formula is C21H36N4O2. The van der Waals surface area contributed by atoms with Crippen molar-refractivity contribution in [1.82, 2.24) is 15.5 Å². The number of nitrogens with one attached hydrogen (secondary N) is 2. The Labute approximate surface area is 164 Å². The molecule has 27 heavy (non-hydrogen) atoms. The van der Waals surface area contributed by atoms with E-state index in [2.05, 4.69) is 29.5 Å². The van der Waals surface area contributed by atoms with E-state index in [0.717, 1.165) is 49.6 Å². The minimum absolute atomic E-state index is 0.0252. The molecule has 0 heterocycles. The Morgan fingerprint density at radius 2 is 2.00 bits per heavy atom. The van der Waals surface area contributed by atoms with Crippen LogP contribution in [0.4, 0.5) is 0 Å². The zero-order valence-corrected chi connectivity index (χ0v) is 17.5. The number of carbonyl (C=O) groups excluding carboxylic acids is 1. The third-order valence-corrected chi connectivity index (χ3v) is 3.98. The van der Waals surface area contributed by atoms with Crippen molar-refractivity contribution in [2.45, 2.75) is 33.6 Å². The topological polar surface area (TPSA) is 66.0 Å². The minimum atomic E-state index is 0.0252. The Morgan fingerprint density at radius 1 is 1.22 bits per heavy atom. The molecule has 0 saturated carbocycles. The van der Waals surface area contributed by atoms with Crippen LogP contribution in [0.25, 0.3) is 0 Å². The van der Waals surface area contributed by atoms with Crippen LogP contribution in [0.2, 0.25) is 0 Å². The maximum atomic E-state index is 12.1. The number of nitrogens with zero attached hydrogens (tertiary/aromatic N) is 2. The normalized spacial score (nSPS) is 11.6. The molecule has 152 valence electrons. The lowest BCUT2D eigenvalue weighted by Crippen LogP contribution is -2.38. The van der Waals surface area contributed by atoms with Crippen LogP contribution in [-0.4, -0.2) is 63.7 Å². The number of ether oxygens (including phenoxy) is 1. The van der Waals surface area contributed by atoms with Crippen molar-refractivity contribution in [1.29, 1.82) is 0 Å². The van der Waals surface area contributed by atoms with Gasteiger partial charge in [-0.05, 0) is 43.4 Å². The smallest absolute Gasteiger partial charge is 0.253 e. The van der Waals surface area contributed by atoms with Gasteiger partial charge in [-0.2, -0.15) is 0 Å². The predicted molar refractivity (Wildman–Crippen MR) is 112 cm³/mol. The molecule has 6 nitrogen and oxygen atoms in total. The molecule has 0 spiro atoms. The molecule has 0 unspecified atom stereocenters. The number of hydrogen-bond donors (Lipinski definition) is 2. The van der Waals surface area contributed by atoms with E-state index in [1.54, 1.807) is 19.0 Å². The monoisotopic (exact) mass is 376 g/mol. The molecule has 0 bridgehead atoms. The van der Waals surface area contributed by atoms with E-state index in [0.29, 0.717) is 19.1 Å². The fraction of sp³-hybridized carbons (Fsp3) is 0.619. The largest absolute Gasteiger partial charge is 0.380 e. The Morgan fingerprint density at radius 3 is 2.67 bits per heavy atom. The molecule has 0 aliphatic rings. The van der Waals surface area contributed by atoms with Gasteiger partial charge in [-0.25, -0.2) is 0 Å². The molecule has 0 atom stereocenters. The highest BCUT2D eigenvalue weighted by atomic mass is 16.5. The molecule has 1 aromatic carbocycles. The number of rotatable bonds is 11. The lowest BCUT2D eigenvalue weighted by molar-refractivity contribution is 0.0827. The van der Waals surface area contributed by atoms with Gasteiger partial charge in [0, 0.05) is 39.4 Å². The summed E-state index contributed by atoms with van der Waals surface area (Å²) in [6.45, 7) is 10.1. The molecular weight excluding hydrogens is 340 g/mol. The van der Waals surface area contributed by atoms with Crippen molar-refractivity contribution in [3.05, 3.63) is 35.4 Å². The van der Waals surface area contributed by atoms with Crippen LogP contribution in [0.1, 0.15) is 43.1 Å². The Bertz CT molecular complexity index is 585. The van der Waals surface area contributed by atoms with Gasteiger partial charge in [0.1, 0.15) is 0 Å². The molecule has 0 saturated heterocycles. The maximum Gasteiger partial charge on any atom is 0.253 e. The summed E-state index contributed by atoms with van der Waals surface area (Å²) < 4.78 is 5.60. The van der Waals surface area contributed by atoms with Gasteiger partial charge in [0.25, 0.3) is 5.91 Å². The number of hydrogen-bond acceptors (Lipinski definition) is 3. The number of amides is 1. The number of carbonyl (C=O) groups is 1. The summed E-state index contributed by atoms with van der Waals surface area (Å²) in [5.41, 5.74) is 1.85. The third kappa shape index (κ3) is 9.99. The fourth-order valence-electron chi connectivity index (χ4n) is 2.43. The summed E-state index contributed by atoms with van der Waals surface area (Å²) in [5, 5.41) is 6.58. The van der Waals surface area contributed by atoms with Crippen molar-refractivity contribution in [2.24, 2.45) is 10.9 Å². The van der Waals surface area contributed by atoms with Crippen LogP contribution in [0, 0.1) is 5.92 Å². The SMILES string of the molecule is CCNC(=NCCOCCC(C)C)NCCc1cccc(C(=O)N(C)C)c1. The van der Waals surface area contributed by atoms with E-state index in [1.165, 1.54) is 0 Å². The number of aliphatic imine (C=N–C) groups is 1. The first-order valence-electron chi connectivity index (χ1n) is 9.84. The second-order valence-corrected chi connectivity index (χ2v) is 7.13. The predicted octanol–water partition coefficient (Wildman–Crippen LogP) is 2.55. The molecule has 0 radical (unpaired) electrons. The molecule has 0 aliphatic carbocycles. The van der Waals surface area contributed by atoms with Crippen molar-refractivity contribution in [3.63, 3.8) is 0 Å². The standard InChI is InChI=1S/C21H36N4O2/c1-6-22-21(24-13-15-27-14-11-17(2)3)23-12-10-18-8-7-9-19(16-18)20(26)25(4)5/h7-9,16-17H,6,10-15H2,1-5H3,(H2,22,23,24). The minimum Gasteiger partial charge on any atom is -0.380 e. The van der Waals surface area contributed by atoms with Crippen molar-refractivity contribution >= 4 is 11.9 Å². The van der Waals surface area contributed by atoms with Gasteiger partial charge in [-0.15, -0.1) is 0 Å². The quantitative estimate of drug-likeness (QED) is 0.354. The molecule has 1 amide bonds. The van der Waals surface area contributed by atoms with Crippen LogP contribution in [0.5, 0.6) is 0 Å². The average molecular weight is 377 g/mol. The van der Waals surface area contributed by atoms with Gasteiger partial charge in [0.05, 0.1) is 13.2 Å². The van der Waals surface area contributed by atoms with E-state index >= 15 is 0 Å². The number of guanidine groups is 1. The van der Waals surface area contributed by atoms with Crippen LogP contribution >= 0.6 is 0 Å². The molecule has 0 aromatic heterocycles. The Balaban J connectivity index is 2.42. The second-order valence-electron chi connectivity index (χ2n) is 7.13. The molecule has 2 N–H and O–H groups in total. The third-order valence-electron chi connectivity index (χ3n) is 3.98. The molecule has 6 heteroatoms. The Kier molecular flexibility index (Phi) is 11.2. The lowest BCUT2D eigenvalue weighted by atomic mass is 10.1. The zero-order valence-electron chi connectivity index (χ0n) is 17.5. The summed E-state index contributed by atoms with van der Waals surface area (Å²) in [6.07, 6.45) is 1.90. The van der Waals surface area contributed by atoms with Crippen molar-refractivity contribution in [3.8, 4) is 0 Å². The van der Waals surface area contributed by atoms with Crippen LogP contribution < -0.4 is 10.6 Å². The highest BCUT2D eigenvalue weighted by Crippen LogP contribution is 2.07. The van der Waals surface area contributed by atoms with Crippen molar-refractivity contribution in [2.75, 3.05) is 46.9 Å². The highest BCUT2D eigenvalue weighted by Gasteiger charge is 2.08. The van der Waals surface area contributed by atoms with Gasteiger partial charge in [0.15, 0.2) is 5.96 Å². The molecule has 1 rings (SSSR count). The van der Waals surface area contributed by atoms with E-state index < -0.39 is 0 Å². The summed E-state index contributed by atoms with van der Waals surface area (Å²) in [7, 11) is 3.53. The van der Waals surface area contributed by atoms with Gasteiger partial charge >= 0.3 is 0 Å². The first-order chi connectivity index (χ1) is 12.9. The first kappa shape index (κ1) is 23.0. The first-order valence-corrected chi connectivity index (χ1v) is 9.84. The summed E-state index contributed by atoms with van der Waals surface area (Å²) in [4.78, 5) is 18.2. The lowest BCUT2D eigenvalue weighted by Gasteiger charge is -2.13. The van der Waals surface area contributed by atoms with Crippen molar-refractivity contribution < 1.29 is 9.53 Å². The van der Waals surface area contributed by atoms with E-state index in [4.69, 9.17) is 4.74 Å². The summed E-state index contributed by atoms with van der Waals surface area (Å²) in [5.74, 6) is 1.49. The van der Waals surface area contributed by atoms with E-state index in [1.807, 2.05) is 31.2 Å². The Hall–Kier alpha value is -2.08. The van der Waals surface area contributed by atoms with Gasteiger partial charge in [-0.3, -0.25) is 9.79 Å². The average Bonchev–Trinajstić information content (AvgIpc) is 2.63. The van der Waals surface area contributed by atoms with Gasteiger partial charge in [-0.1, -0.05) is 26.0 Å². The molecule has 0 aliphatic heterocycles. The van der Waals surface area contributed by atoms with Gasteiger partial charge < -0.3 is 20.3 Å². The number of benzene rings is 1.